The van der Waals surface area contributed by atoms with E-state index in [4.69, 9.17) is 11.6 Å². The second kappa shape index (κ2) is 7.67. The standard InChI is InChI=1S/C19H19ClN6O/c20-15-5-1-2-6-16(15)23-19(27)26-11-9-25(10-12-26)18-13-17(21-14-22-18)24-7-3-4-8-24/h1-8,13-14H,9-12H2,(H,23,27). The van der Waals surface area contributed by atoms with E-state index in [0.717, 1.165) is 11.6 Å². The molecule has 1 fully saturated rings. The van der Waals surface area contributed by atoms with E-state index in [1.54, 1.807) is 23.4 Å². The van der Waals surface area contributed by atoms with Gasteiger partial charge < -0.3 is 19.7 Å². The van der Waals surface area contributed by atoms with E-state index in [-0.39, 0.29) is 6.03 Å². The van der Waals surface area contributed by atoms with E-state index in [2.05, 4.69) is 20.2 Å². The first-order chi connectivity index (χ1) is 13.2. The van der Waals surface area contributed by atoms with E-state index in [1.165, 1.54) is 0 Å². The summed E-state index contributed by atoms with van der Waals surface area (Å²) in [5, 5.41) is 3.40. The van der Waals surface area contributed by atoms with Crippen molar-refractivity contribution in [2.45, 2.75) is 0 Å². The summed E-state index contributed by atoms with van der Waals surface area (Å²) >= 11 is 6.11. The van der Waals surface area contributed by atoms with Gasteiger partial charge in [-0.2, -0.15) is 0 Å². The summed E-state index contributed by atoms with van der Waals surface area (Å²) in [6.45, 7) is 2.63. The summed E-state index contributed by atoms with van der Waals surface area (Å²) in [4.78, 5) is 25.1. The third-order valence-electron chi connectivity index (χ3n) is 4.51. The van der Waals surface area contributed by atoms with Gasteiger partial charge in [0.15, 0.2) is 0 Å². The topological polar surface area (TPSA) is 66.3 Å². The van der Waals surface area contributed by atoms with Crippen molar-refractivity contribution in [3.05, 3.63) is 66.2 Å². The molecule has 1 aliphatic rings. The third kappa shape index (κ3) is 3.88. The number of nitrogens with zero attached hydrogens (tertiary/aromatic N) is 5. The molecule has 0 aliphatic carbocycles. The van der Waals surface area contributed by atoms with Gasteiger partial charge in [0.1, 0.15) is 18.0 Å². The number of rotatable bonds is 3. The predicted octanol–water partition coefficient (Wildman–Crippen LogP) is 3.27. The van der Waals surface area contributed by atoms with Crippen LogP contribution in [-0.2, 0) is 0 Å². The molecule has 1 N–H and O–H groups in total. The van der Waals surface area contributed by atoms with Gasteiger partial charge in [0.2, 0.25) is 0 Å². The largest absolute Gasteiger partial charge is 0.353 e. The van der Waals surface area contributed by atoms with E-state index in [0.29, 0.717) is 36.9 Å². The Hall–Kier alpha value is -3.06. The van der Waals surface area contributed by atoms with E-state index < -0.39 is 0 Å². The summed E-state index contributed by atoms with van der Waals surface area (Å²) in [5.74, 6) is 1.68. The second-order valence-electron chi connectivity index (χ2n) is 6.21. The van der Waals surface area contributed by atoms with Crippen molar-refractivity contribution in [2.24, 2.45) is 0 Å². The molecule has 7 nitrogen and oxygen atoms in total. The maximum absolute atomic E-state index is 12.5. The van der Waals surface area contributed by atoms with Crippen LogP contribution in [0.2, 0.25) is 5.02 Å². The number of aromatic nitrogens is 3. The van der Waals surface area contributed by atoms with Crippen molar-refractivity contribution >= 4 is 29.1 Å². The van der Waals surface area contributed by atoms with Crippen molar-refractivity contribution in [3.8, 4) is 5.82 Å². The first-order valence-corrected chi connectivity index (χ1v) is 9.09. The molecule has 3 heterocycles. The minimum absolute atomic E-state index is 0.140. The number of carbonyl (C=O) groups is 1. The van der Waals surface area contributed by atoms with Crippen molar-refractivity contribution < 1.29 is 4.79 Å². The fourth-order valence-electron chi connectivity index (χ4n) is 3.03. The summed E-state index contributed by atoms with van der Waals surface area (Å²) in [6.07, 6.45) is 5.47. The van der Waals surface area contributed by atoms with Crippen LogP contribution in [-0.4, -0.2) is 51.6 Å². The van der Waals surface area contributed by atoms with Crippen molar-refractivity contribution in [3.63, 3.8) is 0 Å². The number of anilines is 2. The molecule has 0 atom stereocenters. The van der Waals surface area contributed by atoms with Crippen LogP contribution < -0.4 is 10.2 Å². The molecular weight excluding hydrogens is 364 g/mol. The number of benzene rings is 1. The number of hydrogen-bond acceptors (Lipinski definition) is 4. The molecule has 8 heteroatoms. The molecule has 27 heavy (non-hydrogen) atoms. The zero-order valence-electron chi connectivity index (χ0n) is 14.6. The van der Waals surface area contributed by atoms with Gasteiger partial charge in [-0.3, -0.25) is 0 Å². The quantitative estimate of drug-likeness (QED) is 0.755. The van der Waals surface area contributed by atoms with Gasteiger partial charge in [0.05, 0.1) is 10.7 Å². The van der Waals surface area contributed by atoms with E-state index >= 15 is 0 Å². The van der Waals surface area contributed by atoms with Crippen molar-refractivity contribution in [1.29, 1.82) is 0 Å². The molecule has 1 saturated heterocycles. The Morgan fingerprint density at radius 2 is 1.67 bits per heavy atom. The molecule has 2 aromatic heterocycles. The zero-order valence-corrected chi connectivity index (χ0v) is 15.4. The van der Waals surface area contributed by atoms with Crippen LogP contribution in [0.15, 0.2) is 61.2 Å². The highest BCUT2D eigenvalue weighted by molar-refractivity contribution is 6.33. The fraction of sp³-hybridized carbons (Fsp3) is 0.211. The van der Waals surface area contributed by atoms with Crippen LogP contribution in [0.25, 0.3) is 5.82 Å². The Morgan fingerprint density at radius 1 is 0.963 bits per heavy atom. The summed E-state index contributed by atoms with van der Waals surface area (Å²) in [5.41, 5.74) is 0.624. The minimum Gasteiger partial charge on any atom is -0.353 e. The molecule has 0 saturated carbocycles. The van der Waals surface area contributed by atoms with Crippen LogP contribution in [0.3, 0.4) is 0 Å². The Bertz CT molecular complexity index is 921. The number of amides is 2. The average Bonchev–Trinajstić information content (AvgIpc) is 3.25. The Balaban J connectivity index is 1.38. The molecular formula is C19H19ClN6O. The van der Waals surface area contributed by atoms with E-state index in [9.17, 15) is 4.79 Å². The third-order valence-corrected chi connectivity index (χ3v) is 4.84. The number of para-hydroxylation sites is 1. The zero-order chi connectivity index (χ0) is 18.6. The number of urea groups is 1. The van der Waals surface area contributed by atoms with Crippen molar-refractivity contribution in [2.75, 3.05) is 36.4 Å². The van der Waals surface area contributed by atoms with Gasteiger partial charge in [-0.25, -0.2) is 14.8 Å². The average molecular weight is 383 g/mol. The molecule has 2 amide bonds. The maximum atomic E-state index is 12.5. The number of carbonyl (C=O) groups excluding carboxylic acids is 1. The lowest BCUT2D eigenvalue weighted by Gasteiger charge is -2.35. The monoisotopic (exact) mass is 382 g/mol. The molecule has 3 aromatic rings. The smallest absolute Gasteiger partial charge is 0.322 e. The number of nitrogens with one attached hydrogen (secondary N) is 1. The first kappa shape index (κ1) is 17.4. The molecule has 138 valence electrons. The van der Waals surface area contributed by atoms with Crippen LogP contribution in [0.5, 0.6) is 0 Å². The lowest BCUT2D eigenvalue weighted by molar-refractivity contribution is 0.208. The molecule has 1 aromatic carbocycles. The lowest BCUT2D eigenvalue weighted by Crippen LogP contribution is -2.50. The van der Waals surface area contributed by atoms with Gasteiger partial charge >= 0.3 is 6.03 Å². The highest BCUT2D eigenvalue weighted by atomic mass is 35.5. The molecule has 1 aliphatic heterocycles. The highest BCUT2D eigenvalue weighted by Gasteiger charge is 2.22. The Morgan fingerprint density at radius 3 is 2.41 bits per heavy atom. The van der Waals surface area contributed by atoms with Crippen LogP contribution in [0, 0.1) is 0 Å². The minimum atomic E-state index is -0.140. The van der Waals surface area contributed by atoms with Crippen LogP contribution >= 0.6 is 11.6 Å². The van der Waals surface area contributed by atoms with E-state index in [1.807, 2.05) is 47.3 Å². The molecule has 0 radical (unpaired) electrons. The Labute approximate surface area is 162 Å². The summed E-state index contributed by atoms with van der Waals surface area (Å²) in [7, 11) is 0. The van der Waals surface area contributed by atoms with Crippen LogP contribution in [0.1, 0.15) is 0 Å². The van der Waals surface area contributed by atoms with Gasteiger partial charge in [0.25, 0.3) is 0 Å². The molecule has 4 rings (SSSR count). The molecule has 0 spiro atoms. The van der Waals surface area contributed by atoms with Gasteiger partial charge in [-0.15, -0.1) is 0 Å². The first-order valence-electron chi connectivity index (χ1n) is 8.71. The number of halogens is 1. The lowest BCUT2D eigenvalue weighted by atomic mass is 10.3. The van der Waals surface area contributed by atoms with Gasteiger partial charge in [-0.1, -0.05) is 23.7 Å². The SMILES string of the molecule is O=C(Nc1ccccc1Cl)N1CCN(c2cc(-n3cccc3)ncn2)CC1. The van der Waals surface area contributed by atoms with Gasteiger partial charge in [0, 0.05) is 44.6 Å². The number of piperazine rings is 1. The predicted molar refractivity (Wildman–Crippen MR) is 106 cm³/mol. The Kier molecular flexibility index (Phi) is 4.93. The second-order valence-corrected chi connectivity index (χ2v) is 6.62. The molecule has 0 bridgehead atoms. The van der Waals surface area contributed by atoms with Gasteiger partial charge in [-0.05, 0) is 24.3 Å². The fourth-order valence-corrected chi connectivity index (χ4v) is 3.22. The maximum Gasteiger partial charge on any atom is 0.322 e. The van der Waals surface area contributed by atoms with Crippen molar-refractivity contribution in [1.82, 2.24) is 19.4 Å². The summed E-state index contributed by atoms with van der Waals surface area (Å²) in [6, 6.07) is 13.0. The summed E-state index contributed by atoms with van der Waals surface area (Å²) < 4.78 is 1.94. The highest BCUT2D eigenvalue weighted by Crippen LogP contribution is 2.21. The number of hydrogen-bond donors (Lipinski definition) is 1. The normalized spacial score (nSPS) is 14.3. The molecule has 0 unspecified atom stereocenters. The van der Waals surface area contributed by atoms with Crippen LogP contribution in [0.4, 0.5) is 16.3 Å².